The molecule has 1 aliphatic carbocycles. The van der Waals surface area contributed by atoms with Gasteiger partial charge in [-0.3, -0.25) is 19.7 Å². The Balaban J connectivity index is 1.73. The zero-order chi connectivity index (χ0) is 26.1. The van der Waals surface area contributed by atoms with Crippen molar-refractivity contribution in [1.82, 2.24) is 10.2 Å². The molecule has 1 N–H and O–H groups in total. The number of nitrogens with one attached hydrogen (secondary N) is 1. The van der Waals surface area contributed by atoms with Crippen LogP contribution in [0.15, 0.2) is 42.5 Å². The lowest BCUT2D eigenvalue weighted by Gasteiger charge is -2.33. The molecule has 1 saturated carbocycles. The number of nitro benzene ring substituents is 1. The van der Waals surface area contributed by atoms with E-state index in [2.05, 4.69) is 5.32 Å². The van der Waals surface area contributed by atoms with Crippen LogP contribution in [0, 0.1) is 10.1 Å². The molecular formula is C26H31Cl2N3O4S. The van der Waals surface area contributed by atoms with E-state index in [-0.39, 0.29) is 35.8 Å². The van der Waals surface area contributed by atoms with Crippen LogP contribution in [-0.2, 0) is 21.9 Å². The van der Waals surface area contributed by atoms with E-state index in [1.165, 1.54) is 30.3 Å². The molecule has 0 aromatic heterocycles. The topological polar surface area (TPSA) is 92.6 Å². The lowest BCUT2D eigenvalue weighted by Crippen LogP contribution is -2.52. The van der Waals surface area contributed by atoms with E-state index in [1.54, 1.807) is 35.2 Å². The van der Waals surface area contributed by atoms with Crippen molar-refractivity contribution in [3.05, 3.63) is 73.8 Å². The number of nitro groups is 1. The standard InChI is InChI=1S/C26H31Cl2N3O4S/c1-2-24(26(33)29-19-7-4-3-5-8-19)30(15-21-22(27)9-6-10-23(21)28)25(32)17-36-16-18-11-13-20(14-12-18)31(34)35/h6,9-14,19,24H,2-5,7-8,15-17H2,1H3,(H,29,33). The van der Waals surface area contributed by atoms with Gasteiger partial charge in [0, 0.05) is 46.1 Å². The molecule has 1 unspecified atom stereocenters. The fourth-order valence-corrected chi connectivity index (χ4v) is 5.76. The lowest BCUT2D eigenvalue weighted by atomic mass is 9.95. The van der Waals surface area contributed by atoms with Gasteiger partial charge in [-0.1, -0.05) is 67.6 Å². The average molecular weight is 553 g/mol. The van der Waals surface area contributed by atoms with Crippen LogP contribution in [-0.4, -0.2) is 39.5 Å². The van der Waals surface area contributed by atoms with Crippen molar-refractivity contribution in [3.8, 4) is 0 Å². The number of carbonyl (C=O) groups excluding carboxylic acids is 2. The summed E-state index contributed by atoms with van der Waals surface area (Å²) < 4.78 is 0. The lowest BCUT2D eigenvalue weighted by molar-refractivity contribution is -0.384. The summed E-state index contributed by atoms with van der Waals surface area (Å²) in [6.45, 7) is 2.02. The quantitative estimate of drug-likeness (QED) is 0.258. The van der Waals surface area contributed by atoms with Crippen LogP contribution in [0.25, 0.3) is 0 Å². The first kappa shape index (κ1) is 28.3. The van der Waals surface area contributed by atoms with Gasteiger partial charge in [-0.05, 0) is 37.0 Å². The molecule has 0 heterocycles. The molecule has 0 saturated heterocycles. The minimum Gasteiger partial charge on any atom is -0.352 e. The highest BCUT2D eigenvalue weighted by Gasteiger charge is 2.31. The average Bonchev–Trinajstić information content (AvgIpc) is 2.86. The number of hydrogen-bond acceptors (Lipinski definition) is 5. The highest BCUT2D eigenvalue weighted by Crippen LogP contribution is 2.28. The Hall–Kier alpha value is -2.29. The molecule has 1 fully saturated rings. The van der Waals surface area contributed by atoms with Crippen LogP contribution in [0.5, 0.6) is 0 Å². The third-order valence-corrected chi connectivity index (χ3v) is 8.07. The maximum absolute atomic E-state index is 13.5. The second-order valence-corrected chi connectivity index (χ2v) is 10.7. The van der Waals surface area contributed by atoms with Gasteiger partial charge in [0.2, 0.25) is 11.8 Å². The molecule has 0 radical (unpaired) electrons. The van der Waals surface area contributed by atoms with Gasteiger partial charge in [-0.25, -0.2) is 0 Å². The second kappa shape index (κ2) is 13.9. The van der Waals surface area contributed by atoms with Crippen LogP contribution >= 0.6 is 35.0 Å². The molecule has 0 aliphatic heterocycles. The SMILES string of the molecule is CCC(C(=O)NC1CCCCC1)N(Cc1c(Cl)cccc1Cl)C(=O)CSCc1ccc([N+](=O)[O-])cc1. The van der Waals surface area contributed by atoms with E-state index in [9.17, 15) is 19.7 Å². The van der Waals surface area contributed by atoms with E-state index >= 15 is 0 Å². The van der Waals surface area contributed by atoms with Gasteiger partial charge >= 0.3 is 0 Å². The van der Waals surface area contributed by atoms with Gasteiger partial charge in [-0.2, -0.15) is 0 Å². The number of carbonyl (C=O) groups is 2. The van der Waals surface area contributed by atoms with Gasteiger partial charge in [0.25, 0.3) is 5.69 Å². The maximum atomic E-state index is 13.5. The van der Waals surface area contributed by atoms with Gasteiger partial charge in [0.15, 0.2) is 0 Å². The van der Waals surface area contributed by atoms with E-state index in [0.29, 0.717) is 27.8 Å². The van der Waals surface area contributed by atoms with Crippen molar-refractivity contribution < 1.29 is 14.5 Å². The molecule has 3 rings (SSSR count). The molecule has 0 spiro atoms. The number of thioether (sulfide) groups is 1. The first-order valence-electron chi connectivity index (χ1n) is 12.1. The van der Waals surface area contributed by atoms with Crippen LogP contribution in [0.1, 0.15) is 56.6 Å². The molecule has 2 aromatic carbocycles. The Bertz CT molecular complexity index is 1040. The highest BCUT2D eigenvalue weighted by molar-refractivity contribution is 7.99. The second-order valence-electron chi connectivity index (χ2n) is 8.91. The van der Waals surface area contributed by atoms with E-state index in [4.69, 9.17) is 23.2 Å². The summed E-state index contributed by atoms with van der Waals surface area (Å²) in [4.78, 5) is 38.7. The van der Waals surface area contributed by atoms with Gasteiger partial charge in [0.05, 0.1) is 10.7 Å². The minimum absolute atomic E-state index is 0.0254. The first-order chi connectivity index (χ1) is 17.3. The Morgan fingerprint density at radius 2 is 1.75 bits per heavy atom. The smallest absolute Gasteiger partial charge is 0.269 e. The number of hydrogen-bond donors (Lipinski definition) is 1. The number of halogens is 2. The zero-order valence-electron chi connectivity index (χ0n) is 20.3. The van der Waals surface area contributed by atoms with Crippen molar-refractivity contribution >= 4 is 52.5 Å². The number of non-ortho nitro benzene ring substituents is 1. The molecule has 2 amide bonds. The van der Waals surface area contributed by atoms with Crippen molar-refractivity contribution in [2.45, 2.75) is 69.8 Å². The molecule has 36 heavy (non-hydrogen) atoms. The summed E-state index contributed by atoms with van der Waals surface area (Å²) in [6, 6.07) is 10.9. The fourth-order valence-electron chi connectivity index (χ4n) is 4.37. The normalized spacial score (nSPS) is 14.8. The van der Waals surface area contributed by atoms with Gasteiger partial charge < -0.3 is 10.2 Å². The molecule has 1 aliphatic rings. The predicted octanol–water partition coefficient (Wildman–Crippen LogP) is 6.39. The summed E-state index contributed by atoms with van der Waals surface area (Å²) in [5.74, 6) is 0.312. The Labute approximate surface area is 226 Å². The molecule has 1 atom stereocenters. The fraction of sp³-hybridized carbons (Fsp3) is 0.462. The number of amides is 2. The van der Waals surface area contributed by atoms with Crippen molar-refractivity contribution in [2.24, 2.45) is 0 Å². The third-order valence-electron chi connectivity index (χ3n) is 6.37. The van der Waals surface area contributed by atoms with Crippen LogP contribution in [0.3, 0.4) is 0 Å². The van der Waals surface area contributed by atoms with E-state index in [1.807, 2.05) is 6.92 Å². The zero-order valence-corrected chi connectivity index (χ0v) is 22.6. The van der Waals surface area contributed by atoms with Gasteiger partial charge in [-0.15, -0.1) is 11.8 Å². The largest absolute Gasteiger partial charge is 0.352 e. The summed E-state index contributed by atoms with van der Waals surface area (Å²) in [7, 11) is 0. The van der Waals surface area contributed by atoms with Gasteiger partial charge in [0.1, 0.15) is 6.04 Å². The number of benzene rings is 2. The van der Waals surface area contributed by atoms with Crippen molar-refractivity contribution in [3.63, 3.8) is 0 Å². The molecule has 7 nitrogen and oxygen atoms in total. The summed E-state index contributed by atoms with van der Waals surface area (Å²) in [5, 5.41) is 14.9. The summed E-state index contributed by atoms with van der Waals surface area (Å²) in [5.41, 5.74) is 1.51. The molecular weight excluding hydrogens is 521 g/mol. The maximum Gasteiger partial charge on any atom is 0.269 e. The Morgan fingerprint density at radius 1 is 1.11 bits per heavy atom. The molecule has 0 bridgehead atoms. The van der Waals surface area contributed by atoms with Crippen molar-refractivity contribution in [2.75, 3.05) is 5.75 Å². The monoisotopic (exact) mass is 551 g/mol. The van der Waals surface area contributed by atoms with Crippen LogP contribution in [0.4, 0.5) is 5.69 Å². The summed E-state index contributed by atoms with van der Waals surface area (Å²) in [6.07, 6.45) is 5.75. The molecule has 10 heteroatoms. The molecule has 194 valence electrons. The van der Waals surface area contributed by atoms with E-state index < -0.39 is 11.0 Å². The van der Waals surface area contributed by atoms with E-state index in [0.717, 1.165) is 31.2 Å². The van der Waals surface area contributed by atoms with Crippen molar-refractivity contribution in [1.29, 1.82) is 0 Å². The Kier molecular flexibility index (Phi) is 10.9. The number of nitrogens with zero attached hydrogens (tertiary/aromatic N) is 2. The predicted molar refractivity (Wildman–Crippen MR) is 145 cm³/mol. The minimum atomic E-state index is -0.647. The summed E-state index contributed by atoms with van der Waals surface area (Å²) >= 11 is 14.2. The number of rotatable bonds is 11. The first-order valence-corrected chi connectivity index (χ1v) is 14.0. The van der Waals surface area contributed by atoms with Crippen LogP contribution < -0.4 is 5.32 Å². The Morgan fingerprint density at radius 3 is 2.33 bits per heavy atom. The third kappa shape index (κ3) is 7.85. The molecule has 2 aromatic rings. The highest BCUT2D eigenvalue weighted by atomic mass is 35.5. The van der Waals surface area contributed by atoms with Crippen LogP contribution in [0.2, 0.25) is 10.0 Å².